The van der Waals surface area contributed by atoms with Crippen LogP contribution in [0.25, 0.3) is 0 Å². The van der Waals surface area contributed by atoms with Crippen LogP contribution in [0.5, 0.6) is 0 Å². The fourth-order valence-electron chi connectivity index (χ4n) is 3.22. The number of hydrogen-bond acceptors (Lipinski definition) is 3. The zero-order valence-corrected chi connectivity index (χ0v) is 11.8. The van der Waals surface area contributed by atoms with Gasteiger partial charge in [0.1, 0.15) is 0 Å². The molecule has 2 fully saturated rings. The second-order valence-electron chi connectivity index (χ2n) is 5.32. The van der Waals surface area contributed by atoms with Crippen LogP contribution in [-0.4, -0.2) is 34.4 Å². The summed E-state index contributed by atoms with van der Waals surface area (Å²) < 4.78 is 0. The summed E-state index contributed by atoms with van der Waals surface area (Å²) in [6.07, 6.45) is 7.53. The van der Waals surface area contributed by atoms with E-state index in [4.69, 9.17) is 0 Å². The van der Waals surface area contributed by atoms with E-state index in [0.717, 1.165) is 37.9 Å². The third kappa shape index (κ3) is 2.74. The van der Waals surface area contributed by atoms with Crippen molar-refractivity contribution in [1.82, 2.24) is 15.2 Å². The van der Waals surface area contributed by atoms with Crippen molar-refractivity contribution in [2.45, 2.75) is 37.8 Å². The Balaban J connectivity index is 0.00000133. The lowest BCUT2D eigenvalue weighted by Gasteiger charge is -2.42. The van der Waals surface area contributed by atoms with Crippen LogP contribution in [0.1, 0.15) is 31.2 Å². The molecule has 1 spiro atoms. The highest BCUT2D eigenvalue weighted by molar-refractivity contribution is 5.85. The number of aromatic nitrogens is 1. The maximum Gasteiger partial charge on any atom is 0.223 e. The van der Waals surface area contributed by atoms with E-state index in [2.05, 4.69) is 15.2 Å². The minimum Gasteiger partial charge on any atom is -0.333 e. The highest BCUT2D eigenvalue weighted by Gasteiger charge is 2.45. The summed E-state index contributed by atoms with van der Waals surface area (Å²) in [4.78, 5) is 18.4. The molecule has 0 unspecified atom stereocenters. The van der Waals surface area contributed by atoms with E-state index in [9.17, 15) is 4.79 Å². The standard InChI is InChI=1S/C14H19N3O.ClH/c18-13-3-4-14(5-8-15-9-6-14)17(13)11-12-2-1-7-16-10-12;/h1-2,7,10,15H,3-6,8-9,11H2;1H. The summed E-state index contributed by atoms with van der Waals surface area (Å²) in [7, 11) is 0. The molecule has 5 heteroatoms. The number of likely N-dealkylation sites (tertiary alicyclic amines) is 1. The first-order chi connectivity index (χ1) is 8.80. The molecule has 3 heterocycles. The number of carbonyl (C=O) groups excluding carboxylic acids is 1. The van der Waals surface area contributed by atoms with E-state index >= 15 is 0 Å². The molecule has 2 saturated heterocycles. The number of rotatable bonds is 2. The molecule has 0 bridgehead atoms. The molecule has 1 N–H and O–H groups in total. The largest absolute Gasteiger partial charge is 0.333 e. The molecule has 19 heavy (non-hydrogen) atoms. The number of nitrogens with zero attached hydrogens (tertiary/aromatic N) is 2. The van der Waals surface area contributed by atoms with E-state index in [-0.39, 0.29) is 17.9 Å². The Hall–Kier alpha value is -1.13. The Kier molecular flexibility index (Phi) is 4.42. The average Bonchev–Trinajstić information content (AvgIpc) is 2.71. The molecule has 1 aromatic rings. The Morgan fingerprint density at radius 1 is 1.32 bits per heavy atom. The van der Waals surface area contributed by atoms with Gasteiger partial charge in [-0.15, -0.1) is 12.4 Å². The smallest absolute Gasteiger partial charge is 0.223 e. The van der Waals surface area contributed by atoms with Crippen molar-refractivity contribution < 1.29 is 4.79 Å². The normalized spacial score (nSPS) is 21.5. The molecule has 1 aromatic heterocycles. The Bertz CT molecular complexity index is 432. The van der Waals surface area contributed by atoms with Crippen molar-refractivity contribution in [3.05, 3.63) is 30.1 Å². The maximum absolute atomic E-state index is 12.1. The molecular formula is C14H20ClN3O. The van der Waals surface area contributed by atoms with Gasteiger partial charge in [-0.05, 0) is 44.0 Å². The zero-order chi connectivity index (χ0) is 12.4. The number of hydrogen-bond donors (Lipinski definition) is 1. The van der Waals surface area contributed by atoms with Gasteiger partial charge in [0.15, 0.2) is 0 Å². The number of halogens is 1. The first kappa shape index (κ1) is 14.3. The van der Waals surface area contributed by atoms with Crippen LogP contribution in [-0.2, 0) is 11.3 Å². The first-order valence-corrected chi connectivity index (χ1v) is 6.70. The third-order valence-electron chi connectivity index (χ3n) is 4.28. The minimum absolute atomic E-state index is 0. The lowest BCUT2D eigenvalue weighted by Crippen LogP contribution is -2.51. The van der Waals surface area contributed by atoms with Crippen molar-refractivity contribution in [3.8, 4) is 0 Å². The van der Waals surface area contributed by atoms with E-state index < -0.39 is 0 Å². The van der Waals surface area contributed by atoms with Gasteiger partial charge in [-0.3, -0.25) is 9.78 Å². The van der Waals surface area contributed by atoms with Crippen molar-refractivity contribution in [2.75, 3.05) is 13.1 Å². The van der Waals surface area contributed by atoms with Gasteiger partial charge in [-0.25, -0.2) is 0 Å². The second kappa shape index (κ2) is 5.88. The number of nitrogens with one attached hydrogen (secondary N) is 1. The number of pyridine rings is 1. The quantitative estimate of drug-likeness (QED) is 0.898. The molecule has 0 aromatic carbocycles. The number of amides is 1. The van der Waals surface area contributed by atoms with Crippen LogP contribution in [0.4, 0.5) is 0 Å². The third-order valence-corrected chi connectivity index (χ3v) is 4.28. The molecule has 0 aliphatic carbocycles. The van der Waals surface area contributed by atoms with Crippen molar-refractivity contribution >= 4 is 18.3 Å². The van der Waals surface area contributed by atoms with Crippen LogP contribution in [0.15, 0.2) is 24.5 Å². The number of carbonyl (C=O) groups is 1. The summed E-state index contributed by atoms with van der Waals surface area (Å²) in [6, 6.07) is 3.98. The first-order valence-electron chi connectivity index (χ1n) is 6.70. The molecule has 2 aliphatic heterocycles. The van der Waals surface area contributed by atoms with Crippen LogP contribution < -0.4 is 5.32 Å². The average molecular weight is 282 g/mol. The lowest BCUT2D eigenvalue weighted by atomic mass is 9.85. The van der Waals surface area contributed by atoms with E-state index in [1.54, 1.807) is 6.20 Å². The Labute approximate surface area is 120 Å². The van der Waals surface area contributed by atoms with Gasteiger partial charge in [-0.1, -0.05) is 6.07 Å². The summed E-state index contributed by atoms with van der Waals surface area (Å²) in [6.45, 7) is 2.76. The SMILES string of the molecule is Cl.O=C1CCC2(CCNCC2)N1Cc1cccnc1. The van der Waals surface area contributed by atoms with Crippen molar-refractivity contribution in [1.29, 1.82) is 0 Å². The van der Waals surface area contributed by atoms with Gasteiger partial charge in [0.2, 0.25) is 5.91 Å². The fraction of sp³-hybridized carbons (Fsp3) is 0.571. The summed E-state index contributed by atoms with van der Waals surface area (Å²) in [5.74, 6) is 0.306. The maximum atomic E-state index is 12.1. The molecule has 4 nitrogen and oxygen atoms in total. The van der Waals surface area contributed by atoms with Gasteiger partial charge in [0, 0.05) is 30.9 Å². The monoisotopic (exact) mass is 281 g/mol. The fourth-order valence-corrected chi connectivity index (χ4v) is 3.22. The van der Waals surface area contributed by atoms with E-state index in [0.29, 0.717) is 18.9 Å². The van der Waals surface area contributed by atoms with Gasteiger partial charge in [0.25, 0.3) is 0 Å². The van der Waals surface area contributed by atoms with Gasteiger partial charge >= 0.3 is 0 Å². The molecule has 0 radical (unpaired) electrons. The summed E-state index contributed by atoms with van der Waals surface area (Å²) >= 11 is 0. The summed E-state index contributed by atoms with van der Waals surface area (Å²) in [5.41, 5.74) is 1.24. The molecule has 0 atom stereocenters. The molecule has 1 amide bonds. The molecule has 104 valence electrons. The topological polar surface area (TPSA) is 45.2 Å². The second-order valence-corrected chi connectivity index (χ2v) is 5.32. The Morgan fingerprint density at radius 3 is 2.79 bits per heavy atom. The van der Waals surface area contributed by atoms with Crippen molar-refractivity contribution in [2.24, 2.45) is 0 Å². The summed E-state index contributed by atoms with van der Waals surface area (Å²) in [5, 5.41) is 3.38. The van der Waals surface area contributed by atoms with E-state index in [1.165, 1.54) is 0 Å². The van der Waals surface area contributed by atoms with Crippen LogP contribution in [0.2, 0.25) is 0 Å². The molecular weight excluding hydrogens is 262 g/mol. The molecule has 3 rings (SSSR count). The zero-order valence-electron chi connectivity index (χ0n) is 11.0. The van der Waals surface area contributed by atoms with Gasteiger partial charge in [-0.2, -0.15) is 0 Å². The highest BCUT2D eigenvalue weighted by Crippen LogP contribution is 2.38. The highest BCUT2D eigenvalue weighted by atomic mass is 35.5. The number of piperidine rings is 1. The van der Waals surface area contributed by atoms with Crippen LogP contribution in [0.3, 0.4) is 0 Å². The molecule has 0 saturated carbocycles. The van der Waals surface area contributed by atoms with E-state index in [1.807, 2.05) is 18.3 Å². The Morgan fingerprint density at radius 2 is 2.11 bits per heavy atom. The van der Waals surface area contributed by atoms with Gasteiger partial charge in [0.05, 0.1) is 0 Å². The van der Waals surface area contributed by atoms with Crippen LogP contribution in [0, 0.1) is 0 Å². The molecule has 2 aliphatic rings. The lowest BCUT2D eigenvalue weighted by molar-refractivity contribution is -0.132. The minimum atomic E-state index is 0. The van der Waals surface area contributed by atoms with Crippen LogP contribution >= 0.6 is 12.4 Å². The van der Waals surface area contributed by atoms with Gasteiger partial charge < -0.3 is 10.2 Å². The van der Waals surface area contributed by atoms with Crippen molar-refractivity contribution in [3.63, 3.8) is 0 Å². The predicted octanol–water partition coefficient (Wildman–Crippen LogP) is 1.75. The predicted molar refractivity (Wildman–Crippen MR) is 76.1 cm³/mol.